The Morgan fingerprint density at radius 2 is 1.81 bits per heavy atom. The van der Waals surface area contributed by atoms with E-state index in [1.807, 2.05) is 0 Å². The molecule has 0 aliphatic rings. The topological polar surface area (TPSA) is 45.9 Å². The fraction of sp³-hybridized carbons (Fsp3) is 0. The van der Waals surface area contributed by atoms with Crippen molar-refractivity contribution in [2.75, 3.05) is 0 Å². The van der Waals surface area contributed by atoms with E-state index in [0.717, 1.165) is 4.57 Å². The summed E-state index contributed by atoms with van der Waals surface area (Å²) in [5.74, 6) is -1.12. The first kappa shape index (κ1) is 10.3. The molecule has 1 aromatic carbocycles. The fourth-order valence-electron chi connectivity index (χ4n) is 1.38. The van der Waals surface area contributed by atoms with E-state index in [9.17, 15) is 9.18 Å². The van der Waals surface area contributed by atoms with Crippen molar-refractivity contribution in [2.24, 2.45) is 0 Å². The van der Waals surface area contributed by atoms with Crippen LogP contribution in [-0.2, 0) is 0 Å². The molecule has 0 aliphatic carbocycles. The van der Waals surface area contributed by atoms with Gasteiger partial charge in [0.1, 0.15) is 11.3 Å². The summed E-state index contributed by atoms with van der Waals surface area (Å²) in [6.07, 6.45) is 1.44. The number of aromatic nitrogens is 1. The number of nitrogens with zero attached hydrogens (tertiary/aromatic N) is 1. The number of hydrogen-bond acceptors (Lipinski definition) is 2. The molecule has 0 bridgehead atoms. The van der Waals surface area contributed by atoms with Crippen molar-refractivity contribution in [3.8, 4) is 0 Å². The summed E-state index contributed by atoms with van der Waals surface area (Å²) in [7, 11) is 0. The maximum Gasteiger partial charge on any atom is 0.266 e. The average molecular weight is 216 g/mol. The molecule has 1 N–H and O–H groups in total. The van der Waals surface area contributed by atoms with E-state index < -0.39 is 11.7 Å². The van der Waals surface area contributed by atoms with E-state index in [1.54, 1.807) is 18.2 Å². The summed E-state index contributed by atoms with van der Waals surface area (Å²) in [6, 6.07) is 10.5. The Morgan fingerprint density at radius 1 is 1.12 bits per heavy atom. The van der Waals surface area contributed by atoms with Crippen molar-refractivity contribution < 1.29 is 9.18 Å². The minimum Gasteiger partial charge on any atom is -0.284 e. The van der Waals surface area contributed by atoms with Crippen LogP contribution in [0.2, 0.25) is 0 Å². The molecule has 0 aliphatic heterocycles. The molecule has 0 unspecified atom stereocenters. The number of carbonyl (C=O) groups excluding carboxylic acids is 1. The summed E-state index contributed by atoms with van der Waals surface area (Å²) in [5.41, 5.74) is -0.0112. The zero-order chi connectivity index (χ0) is 11.5. The molecule has 0 radical (unpaired) electrons. The highest BCUT2D eigenvalue weighted by molar-refractivity contribution is 5.95. The third kappa shape index (κ3) is 1.77. The lowest BCUT2D eigenvalue weighted by atomic mass is 10.2. The van der Waals surface area contributed by atoms with Gasteiger partial charge in [-0.3, -0.25) is 14.8 Å². The van der Waals surface area contributed by atoms with Crippen LogP contribution in [-0.4, -0.2) is 10.5 Å². The molecule has 3 nitrogen and oxygen atoms in total. The highest BCUT2D eigenvalue weighted by atomic mass is 19.1. The SMILES string of the molecule is N=c1ccccn1C(=O)c1ccccc1F. The van der Waals surface area contributed by atoms with Gasteiger partial charge >= 0.3 is 0 Å². The number of hydrogen-bond donors (Lipinski definition) is 1. The van der Waals surface area contributed by atoms with Gasteiger partial charge in [0.25, 0.3) is 5.91 Å². The van der Waals surface area contributed by atoms with E-state index >= 15 is 0 Å². The third-order valence-corrected chi connectivity index (χ3v) is 2.18. The van der Waals surface area contributed by atoms with Crippen molar-refractivity contribution in [3.63, 3.8) is 0 Å². The zero-order valence-electron chi connectivity index (χ0n) is 8.35. The van der Waals surface area contributed by atoms with Crippen LogP contribution in [0.1, 0.15) is 10.4 Å². The molecule has 0 fully saturated rings. The van der Waals surface area contributed by atoms with E-state index in [-0.39, 0.29) is 11.1 Å². The second-order valence-electron chi connectivity index (χ2n) is 3.24. The minimum atomic E-state index is -0.580. The number of pyridine rings is 1. The number of rotatable bonds is 1. The Hall–Kier alpha value is -2.23. The van der Waals surface area contributed by atoms with Gasteiger partial charge in [0.05, 0.1) is 5.56 Å². The van der Waals surface area contributed by atoms with Gasteiger partial charge < -0.3 is 0 Å². The molecule has 1 aromatic heterocycles. The quantitative estimate of drug-likeness (QED) is 0.776. The number of nitrogens with one attached hydrogen (secondary N) is 1. The molecular formula is C12H9FN2O. The standard InChI is InChI=1S/C12H9FN2O/c13-10-6-2-1-5-9(10)12(16)15-8-4-3-7-11(15)14/h1-8,14H. The van der Waals surface area contributed by atoms with Crippen molar-refractivity contribution >= 4 is 5.91 Å². The number of halogens is 1. The second-order valence-corrected chi connectivity index (χ2v) is 3.24. The third-order valence-electron chi connectivity index (χ3n) is 2.18. The largest absolute Gasteiger partial charge is 0.284 e. The molecule has 0 amide bonds. The molecule has 16 heavy (non-hydrogen) atoms. The van der Waals surface area contributed by atoms with Gasteiger partial charge in [-0.1, -0.05) is 18.2 Å². The first-order chi connectivity index (χ1) is 7.70. The van der Waals surface area contributed by atoms with Crippen LogP contribution < -0.4 is 5.49 Å². The highest BCUT2D eigenvalue weighted by Crippen LogP contribution is 2.07. The van der Waals surface area contributed by atoms with Gasteiger partial charge in [-0.25, -0.2) is 4.39 Å². The lowest BCUT2D eigenvalue weighted by Crippen LogP contribution is -2.26. The molecule has 0 saturated heterocycles. The van der Waals surface area contributed by atoms with Gasteiger partial charge in [-0.15, -0.1) is 0 Å². The summed E-state index contributed by atoms with van der Waals surface area (Å²) in [6.45, 7) is 0. The zero-order valence-corrected chi connectivity index (χ0v) is 8.35. The first-order valence-corrected chi connectivity index (χ1v) is 4.71. The van der Waals surface area contributed by atoms with Crippen molar-refractivity contribution in [3.05, 3.63) is 65.5 Å². The molecule has 1 heterocycles. The Bertz CT molecular complexity index is 589. The fourth-order valence-corrected chi connectivity index (χ4v) is 1.38. The van der Waals surface area contributed by atoms with E-state index in [1.165, 1.54) is 30.5 Å². The monoisotopic (exact) mass is 216 g/mol. The smallest absolute Gasteiger partial charge is 0.266 e. The predicted molar refractivity (Wildman–Crippen MR) is 56.4 cm³/mol. The van der Waals surface area contributed by atoms with Crippen LogP contribution in [0.15, 0.2) is 48.7 Å². The van der Waals surface area contributed by atoms with Crippen molar-refractivity contribution in [2.45, 2.75) is 0 Å². The Kier molecular flexibility index (Phi) is 2.64. The van der Waals surface area contributed by atoms with E-state index in [2.05, 4.69) is 0 Å². The lowest BCUT2D eigenvalue weighted by molar-refractivity contribution is 0.0950. The Balaban J connectivity index is 2.53. The first-order valence-electron chi connectivity index (χ1n) is 4.71. The minimum absolute atomic E-state index is 0.0238. The van der Waals surface area contributed by atoms with Gasteiger partial charge in [-0.05, 0) is 24.3 Å². The summed E-state index contributed by atoms with van der Waals surface area (Å²) < 4.78 is 14.5. The highest BCUT2D eigenvalue weighted by Gasteiger charge is 2.12. The van der Waals surface area contributed by atoms with E-state index in [0.29, 0.717) is 0 Å². The molecule has 2 rings (SSSR count). The molecule has 0 spiro atoms. The van der Waals surface area contributed by atoms with Gasteiger partial charge in [0.2, 0.25) is 0 Å². The number of carbonyl (C=O) groups is 1. The maximum absolute atomic E-state index is 13.4. The number of benzene rings is 1. The molecule has 0 atom stereocenters. The van der Waals surface area contributed by atoms with Crippen LogP contribution in [0.25, 0.3) is 0 Å². The molecule has 4 heteroatoms. The van der Waals surface area contributed by atoms with Gasteiger partial charge in [-0.2, -0.15) is 0 Å². The Morgan fingerprint density at radius 3 is 2.50 bits per heavy atom. The van der Waals surface area contributed by atoms with Gasteiger partial charge in [0, 0.05) is 6.20 Å². The summed E-state index contributed by atoms with van der Waals surface area (Å²) in [5, 5.41) is 7.54. The van der Waals surface area contributed by atoms with Crippen LogP contribution in [0.5, 0.6) is 0 Å². The molecule has 2 aromatic rings. The van der Waals surface area contributed by atoms with Gasteiger partial charge in [0.15, 0.2) is 0 Å². The maximum atomic E-state index is 13.4. The second kappa shape index (κ2) is 4.10. The predicted octanol–water partition coefficient (Wildman–Crippen LogP) is 1.80. The Labute approximate surface area is 91.3 Å². The van der Waals surface area contributed by atoms with Crippen molar-refractivity contribution in [1.82, 2.24) is 4.57 Å². The summed E-state index contributed by atoms with van der Waals surface area (Å²) in [4.78, 5) is 11.9. The molecular weight excluding hydrogens is 207 g/mol. The normalized spacial score (nSPS) is 10.1. The average Bonchev–Trinajstić information content (AvgIpc) is 2.29. The van der Waals surface area contributed by atoms with Crippen LogP contribution in [0.3, 0.4) is 0 Å². The molecule has 0 saturated carbocycles. The van der Waals surface area contributed by atoms with Crippen molar-refractivity contribution in [1.29, 1.82) is 5.41 Å². The lowest BCUT2D eigenvalue weighted by Gasteiger charge is -2.05. The summed E-state index contributed by atoms with van der Waals surface area (Å²) >= 11 is 0. The van der Waals surface area contributed by atoms with Crippen LogP contribution in [0, 0.1) is 11.2 Å². The van der Waals surface area contributed by atoms with Crippen LogP contribution in [0.4, 0.5) is 4.39 Å². The molecule has 80 valence electrons. The van der Waals surface area contributed by atoms with E-state index in [4.69, 9.17) is 5.41 Å². The van der Waals surface area contributed by atoms with Crippen LogP contribution >= 0.6 is 0 Å².